The molecule has 1 aromatic carbocycles. The fraction of sp³-hybridized carbons (Fsp3) is 0.586. The van der Waals surface area contributed by atoms with E-state index < -0.39 is 0 Å². The first-order valence-corrected chi connectivity index (χ1v) is 14.3. The van der Waals surface area contributed by atoms with Gasteiger partial charge in [-0.05, 0) is 56.4 Å². The first-order valence-electron chi connectivity index (χ1n) is 14.3. The van der Waals surface area contributed by atoms with Crippen molar-refractivity contribution in [2.45, 2.75) is 57.7 Å². The monoisotopic (exact) mass is 535 g/mol. The van der Waals surface area contributed by atoms with Crippen LogP contribution in [0.1, 0.15) is 54.0 Å². The highest BCUT2D eigenvalue weighted by molar-refractivity contribution is 5.94. The molecule has 3 heterocycles. The molecule has 2 aromatic rings. The fourth-order valence-electron chi connectivity index (χ4n) is 6.27. The number of carbonyl (C=O) groups is 2. The summed E-state index contributed by atoms with van der Waals surface area (Å²) in [5, 5.41) is 9.41. The second kappa shape index (κ2) is 12.7. The van der Waals surface area contributed by atoms with Gasteiger partial charge in [-0.1, -0.05) is 12.8 Å². The number of anilines is 2. The zero-order valence-corrected chi connectivity index (χ0v) is 23.1. The molecule has 2 saturated heterocycles. The number of fused-ring (bicyclic) bond motifs is 1. The van der Waals surface area contributed by atoms with Gasteiger partial charge >= 0.3 is 0 Å². The maximum absolute atomic E-state index is 13.2. The highest BCUT2D eigenvalue weighted by atomic mass is 16.5. The summed E-state index contributed by atoms with van der Waals surface area (Å²) in [6.07, 6.45) is 5.41. The average Bonchev–Trinajstić information content (AvgIpc) is 3.36. The minimum absolute atomic E-state index is 0.0248. The zero-order chi connectivity index (χ0) is 27.2. The molecule has 2 amide bonds. The number of ether oxygens (including phenoxy) is 1. The largest absolute Gasteiger partial charge is 0.383 e. The summed E-state index contributed by atoms with van der Waals surface area (Å²) in [6.45, 7) is 7.02. The molecule has 3 aliphatic rings. The smallest absolute Gasteiger partial charge is 0.251 e. The molecule has 39 heavy (non-hydrogen) atoms. The van der Waals surface area contributed by atoms with E-state index in [1.165, 1.54) is 6.42 Å². The average molecular weight is 536 g/mol. The third kappa shape index (κ3) is 6.50. The Morgan fingerprint density at radius 1 is 1.08 bits per heavy atom. The lowest BCUT2D eigenvalue weighted by molar-refractivity contribution is -0.122. The van der Waals surface area contributed by atoms with Gasteiger partial charge in [0.25, 0.3) is 5.91 Å². The van der Waals surface area contributed by atoms with Gasteiger partial charge < -0.3 is 30.5 Å². The topological polar surface area (TPSA) is 112 Å². The van der Waals surface area contributed by atoms with E-state index in [0.717, 1.165) is 69.1 Å². The first-order chi connectivity index (χ1) is 19.0. The van der Waals surface area contributed by atoms with Gasteiger partial charge in [0.2, 0.25) is 5.91 Å². The number of methoxy groups -OCH3 is 1. The normalized spacial score (nSPS) is 22.9. The van der Waals surface area contributed by atoms with Gasteiger partial charge in [-0.25, -0.2) is 9.97 Å². The van der Waals surface area contributed by atoms with Gasteiger partial charge in [0, 0.05) is 63.2 Å². The van der Waals surface area contributed by atoms with Gasteiger partial charge in [0.15, 0.2) is 0 Å². The lowest BCUT2D eigenvalue weighted by Gasteiger charge is -2.34. The number of amides is 2. The molecule has 1 aromatic heterocycles. The third-order valence-electron chi connectivity index (χ3n) is 8.18. The van der Waals surface area contributed by atoms with Gasteiger partial charge in [-0.3, -0.25) is 9.59 Å². The van der Waals surface area contributed by atoms with Crippen molar-refractivity contribution < 1.29 is 14.3 Å². The van der Waals surface area contributed by atoms with E-state index in [4.69, 9.17) is 9.72 Å². The molecule has 0 spiro atoms. The lowest BCUT2D eigenvalue weighted by Crippen LogP contribution is -2.48. The van der Waals surface area contributed by atoms with Crippen molar-refractivity contribution in [2.24, 2.45) is 5.92 Å². The Bertz CT molecular complexity index is 1140. The van der Waals surface area contributed by atoms with E-state index in [9.17, 15) is 9.59 Å². The van der Waals surface area contributed by atoms with Gasteiger partial charge in [-0.15, -0.1) is 0 Å². The number of nitrogens with zero attached hydrogens (tertiary/aromatic N) is 4. The maximum Gasteiger partial charge on any atom is 0.251 e. The number of aryl methyl sites for hydroxylation is 1. The Morgan fingerprint density at radius 2 is 1.85 bits per heavy atom. The van der Waals surface area contributed by atoms with Gasteiger partial charge in [-0.2, -0.15) is 0 Å². The summed E-state index contributed by atoms with van der Waals surface area (Å²) in [6, 6.07) is 9.75. The van der Waals surface area contributed by atoms with Gasteiger partial charge in [0.1, 0.15) is 17.7 Å². The lowest BCUT2D eigenvalue weighted by atomic mass is 9.84. The summed E-state index contributed by atoms with van der Waals surface area (Å²) in [4.78, 5) is 40.0. The molecule has 210 valence electrons. The van der Waals surface area contributed by atoms with Crippen LogP contribution in [0.5, 0.6) is 0 Å². The molecule has 3 fully saturated rings. The standard InChI is InChI=1S/C29H41N7O3/c1-20-33-23(19-32-28(37)21-7-9-24(10-8-21)35-14-11-30-12-15-35)18-27(34-20)36-25-6-4-3-5-22(25)17-26(36)29(38)31-13-16-39-2/h7-10,18,22,25-26,30H,3-6,11-17,19H2,1-2H3,(H,31,38)(H,32,37)/t22-,25-,26-/m0/s1. The molecule has 1 saturated carbocycles. The van der Waals surface area contributed by atoms with Crippen LogP contribution in [-0.4, -0.2) is 80.3 Å². The zero-order valence-electron chi connectivity index (χ0n) is 23.1. The summed E-state index contributed by atoms with van der Waals surface area (Å²) in [7, 11) is 1.63. The second-order valence-electron chi connectivity index (χ2n) is 10.8. The minimum atomic E-state index is -0.263. The van der Waals surface area contributed by atoms with E-state index in [-0.39, 0.29) is 17.9 Å². The number of aromatic nitrogens is 2. The fourth-order valence-corrected chi connectivity index (χ4v) is 6.27. The Balaban J connectivity index is 1.27. The van der Waals surface area contributed by atoms with Crippen molar-refractivity contribution in [3.63, 3.8) is 0 Å². The number of hydrogen-bond donors (Lipinski definition) is 3. The second-order valence-corrected chi connectivity index (χ2v) is 10.8. The number of hydrogen-bond acceptors (Lipinski definition) is 8. The number of nitrogens with one attached hydrogen (secondary N) is 3. The van der Waals surface area contributed by atoms with Crippen LogP contribution in [0, 0.1) is 12.8 Å². The van der Waals surface area contributed by atoms with E-state index >= 15 is 0 Å². The van der Waals surface area contributed by atoms with E-state index in [0.29, 0.717) is 43.0 Å². The Hall–Kier alpha value is -3.24. The highest BCUT2D eigenvalue weighted by Gasteiger charge is 2.45. The van der Waals surface area contributed by atoms with Crippen molar-refractivity contribution in [3.8, 4) is 0 Å². The predicted octanol–water partition coefficient (Wildman–Crippen LogP) is 2.02. The summed E-state index contributed by atoms with van der Waals surface area (Å²) in [5.41, 5.74) is 2.50. The van der Waals surface area contributed by atoms with Crippen LogP contribution in [0.2, 0.25) is 0 Å². The third-order valence-corrected chi connectivity index (χ3v) is 8.18. The van der Waals surface area contributed by atoms with Crippen LogP contribution >= 0.6 is 0 Å². The van der Waals surface area contributed by atoms with Crippen LogP contribution in [0.3, 0.4) is 0 Å². The summed E-state index contributed by atoms with van der Waals surface area (Å²) in [5.74, 6) is 1.78. The van der Waals surface area contributed by atoms with Crippen molar-refractivity contribution in [3.05, 3.63) is 47.4 Å². The van der Waals surface area contributed by atoms with Crippen LogP contribution in [0.4, 0.5) is 11.5 Å². The molecule has 10 heteroatoms. The molecule has 10 nitrogen and oxygen atoms in total. The molecular formula is C29H41N7O3. The maximum atomic E-state index is 13.2. The van der Waals surface area contributed by atoms with E-state index in [2.05, 4.69) is 30.7 Å². The van der Waals surface area contributed by atoms with E-state index in [1.807, 2.05) is 37.3 Å². The minimum Gasteiger partial charge on any atom is -0.383 e. The molecular weight excluding hydrogens is 494 g/mol. The summed E-state index contributed by atoms with van der Waals surface area (Å²) < 4.78 is 5.12. The van der Waals surface area contributed by atoms with Gasteiger partial charge in [0.05, 0.1) is 18.8 Å². The van der Waals surface area contributed by atoms with Crippen LogP contribution in [0.25, 0.3) is 0 Å². The molecule has 3 atom stereocenters. The van der Waals surface area contributed by atoms with Crippen LogP contribution < -0.4 is 25.8 Å². The molecule has 0 radical (unpaired) electrons. The molecule has 0 unspecified atom stereocenters. The predicted molar refractivity (Wildman–Crippen MR) is 151 cm³/mol. The van der Waals surface area contributed by atoms with Crippen molar-refractivity contribution >= 4 is 23.3 Å². The first kappa shape index (κ1) is 27.3. The van der Waals surface area contributed by atoms with Crippen molar-refractivity contribution in [2.75, 3.05) is 56.2 Å². The Labute approximate surface area is 230 Å². The molecule has 0 bridgehead atoms. The number of piperazine rings is 1. The molecule has 2 aliphatic heterocycles. The quantitative estimate of drug-likeness (QED) is 0.419. The van der Waals surface area contributed by atoms with Crippen molar-refractivity contribution in [1.82, 2.24) is 25.9 Å². The van der Waals surface area contributed by atoms with Crippen molar-refractivity contribution in [1.29, 1.82) is 0 Å². The van der Waals surface area contributed by atoms with Crippen LogP contribution in [0.15, 0.2) is 30.3 Å². The highest BCUT2D eigenvalue weighted by Crippen LogP contribution is 2.42. The summed E-state index contributed by atoms with van der Waals surface area (Å²) >= 11 is 0. The van der Waals surface area contributed by atoms with E-state index in [1.54, 1.807) is 7.11 Å². The molecule has 3 N–H and O–H groups in total. The molecule has 1 aliphatic carbocycles. The SMILES string of the molecule is COCCNC(=O)[C@@H]1C[C@@H]2CCCC[C@@H]2N1c1cc(CNC(=O)c2ccc(N3CCNCC3)cc2)nc(C)n1. The number of benzene rings is 1. The van der Waals surface area contributed by atoms with Crippen LogP contribution in [-0.2, 0) is 16.1 Å². The Kier molecular flexibility index (Phi) is 8.93. The Morgan fingerprint density at radius 3 is 2.62 bits per heavy atom. The molecule has 5 rings (SSSR count). The number of carbonyl (C=O) groups excluding carboxylic acids is 2. The number of rotatable bonds is 9.